The van der Waals surface area contributed by atoms with Gasteiger partial charge in [-0.1, -0.05) is 29.8 Å². The summed E-state index contributed by atoms with van der Waals surface area (Å²) in [4.78, 5) is 8.13. The molecule has 0 amide bonds. The number of aromatic nitrogens is 1. The monoisotopic (exact) mass is 325 g/mol. The van der Waals surface area contributed by atoms with Gasteiger partial charge in [-0.3, -0.25) is 4.99 Å². The maximum Gasteiger partial charge on any atom is 0.208 e. The maximum atomic E-state index is 6.18. The highest BCUT2D eigenvalue weighted by Crippen LogP contribution is 2.27. The van der Waals surface area contributed by atoms with Crippen LogP contribution >= 0.6 is 11.6 Å². The highest BCUT2D eigenvalue weighted by atomic mass is 35.5. The van der Waals surface area contributed by atoms with Gasteiger partial charge in [-0.25, -0.2) is 0 Å². The van der Waals surface area contributed by atoms with Gasteiger partial charge in [0.05, 0.1) is 10.7 Å². The van der Waals surface area contributed by atoms with Crippen LogP contribution in [0, 0.1) is 0 Å². The molecule has 23 heavy (non-hydrogen) atoms. The molecule has 2 heterocycles. The number of rotatable bonds is 3. The first-order valence-electron chi connectivity index (χ1n) is 7.61. The first-order valence-corrected chi connectivity index (χ1v) is 7.99. The normalized spacial score (nSPS) is 12.7. The van der Waals surface area contributed by atoms with Crippen LogP contribution in [0.25, 0.3) is 33.0 Å². The van der Waals surface area contributed by atoms with E-state index in [9.17, 15) is 0 Å². The molecular formula is C18H16ClN3O. The number of benzene rings is 2. The minimum Gasteiger partial charge on any atom is -0.440 e. The highest BCUT2D eigenvalue weighted by molar-refractivity contribution is 6.31. The van der Waals surface area contributed by atoms with Gasteiger partial charge in [0.25, 0.3) is 0 Å². The van der Waals surface area contributed by atoms with Gasteiger partial charge in [0, 0.05) is 27.9 Å². The Balaban J connectivity index is 2.19. The van der Waals surface area contributed by atoms with Crippen LogP contribution in [-0.2, 0) is 0 Å². The molecule has 0 fully saturated rings. The molecule has 0 aliphatic rings. The van der Waals surface area contributed by atoms with Crippen LogP contribution in [0.15, 0.2) is 51.9 Å². The van der Waals surface area contributed by atoms with Crippen LogP contribution in [0.1, 0.15) is 6.42 Å². The Labute approximate surface area is 137 Å². The molecule has 0 unspecified atom stereocenters. The first kappa shape index (κ1) is 14.3. The lowest BCUT2D eigenvalue weighted by Crippen LogP contribution is -2.08. The van der Waals surface area contributed by atoms with E-state index in [0.717, 1.165) is 44.7 Å². The van der Waals surface area contributed by atoms with E-state index in [-0.39, 0.29) is 0 Å². The molecule has 116 valence electrons. The number of hydrogen-bond donors (Lipinski definition) is 2. The van der Waals surface area contributed by atoms with E-state index >= 15 is 0 Å². The summed E-state index contributed by atoms with van der Waals surface area (Å²) in [6.45, 7) is 1.30. The Bertz CT molecular complexity index is 1080. The van der Waals surface area contributed by atoms with E-state index in [4.69, 9.17) is 26.7 Å². The lowest BCUT2D eigenvalue weighted by atomic mass is 10.1. The van der Waals surface area contributed by atoms with Crippen LogP contribution in [0.4, 0.5) is 0 Å². The van der Waals surface area contributed by atoms with Crippen LogP contribution in [0.2, 0.25) is 5.02 Å². The van der Waals surface area contributed by atoms with Crippen LogP contribution in [0.5, 0.6) is 0 Å². The number of nitrogens with two attached hydrogens (primary N) is 1. The SMILES string of the molecule is NCCCN=c1c2cc(Cl)ccc2oc2[nH]c3ccccc3c12. The molecule has 4 nitrogen and oxygen atoms in total. The van der Waals surface area contributed by atoms with Crippen molar-refractivity contribution >= 4 is 44.6 Å². The number of nitrogens with one attached hydrogen (secondary N) is 1. The van der Waals surface area contributed by atoms with Crippen LogP contribution < -0.4 is 11.1 Å². The zero-order valence-corrected chi connectivity index (χ0v) is 13.2. The van der Waals surface area contributed by atoms with Crippen LogP contribution in [0.3, 0.4) is 0 Å². The number of para-hydroxylation sites is 1. The summed E-state index contributed by atoms with van der Waals surface area (Å²) in [5.41, 5.74) is 8.13. The molecule has 2 aromatic heterocycles. The van der Waals surface area contributed by atoms with E-state index in [1.165, 1.54) is 0 Å². The number of halogens is 1. The van der Waals surface area contributed by atoms with Crippen molar-refractivity contribution in [3.8, 4) is 0 Å². The second kappa shape index (κ2) is 5.72. The van der Waals surface area contributed by atoms with Gasteiger partial charge in [-0.05, 0) is 37.2 Å². The first-order chi connectivity index (χ1) is 11.3. The predicted molar refractivity (Wildman–Crippen MR) is 94.7 cm³/mol. The van der Waals surface area contributed by atoms with E-state index in [1.807, 2.05) is 36.4 Å². The fourth-order valence-electron chi connectivity index (χ4n) is 2.90. The lowest BCUT2D eigenvalue weighted by Gasteiger charge is -2.02. The van der Waals surface area contributed by atoms with Gasteiger partial charge in [0.1, 0.15) is 5.58 Å². The molecule has 3 N–H and O–H groups in total. The summed E-state index contributed by atoms with van der Waals surface area (Å²) in [5, 5.41) is 4.59. The topological polar surface area (TPSA) is 67.3 Å². The average molecular weight is 326 g/mol. The lowest BCUT2D eigenvalue weighted by molar-refractivity contribution is 0.647. The summed E-state index contributed by atoms with van der Waals surface area (Å²) in [6, 6.07) is 13.7. The molecule has 0 atom stereocenters. The standard InChI is InChI=1S/C18H16ClN3O/c19-11-6-7-15-13(10-11)17(21-9-3-8-20)16-12-4-1-2-5-14(12)22-18(16)23-15/h1-2,4-7,10,22H,3,8-9,20H2. The Hall–Kier alpha value is -2.30. The Morgan fingerprint density at radius 3 is 2.87 bits per heavy atom. The zero-order chi connectivity index (χ0) is 15.8. The van der Waals surface area contributed by atoms with Crippen molar-refractivity contribution in [1.82, 2.24) is 4.98 Å². The van der Waals surface area contributed by atoms with Gasteiger partial charge in [-0.15, -0.1) is 0 Å². The third kappa shape index (κ3) is 2.40. The Kier molecular flexibility index (Phi) is 3.56. The largest absolute Gasteiger partial charge is 0.440 e. The fraction of sp³-hybridized carbons (Fsp3) is 0.167. The second-order valence-electron chi connectivity index (χ2n) is 5.49. The van der Waals surface area contributed by atoms with E-state index < -0.39 is 0 Å². The fourth-order valence-corrected chi connectivity index (χ4v) is 3.07. The van der Waals surface area contributed by atoms with Gasteiger partial charge >= 0.3 is 0 Å². The van der Waals surface area contributed by atoms with Crippen molar-refractivity contribution in [2.45, 2.75) is 6.42 Å². The summed E-state index contributed by atoms with van der Waals surface area (Å²) >= 11 is 6.18. The maximum absolute atomic E-state index is 6.18. The molecule has 0 aliphatic carbocycles. The molecule has 0 spiro atoms. The quantitative estimate of drug-likeness (QED) is 0.560. The van der Waals surface area contributed by atoms with Gasteiger partial charge in [-0.2, -0.15) is 0 Å². The number of H-pyrrole nitrogens is 1. The minimum atomic E-state index is 0.621. The highest BCUT2D eigenvalue weighted by Gasteiger charge is 2.12. The summed E-state index contributed by atoms with van der Waals surface area (Å²) in [7, 11) is 0. The minimum absolute atomic E-state index is 0.621. The van der Waals surface area contributed by atoms with Crippen molar-refractivity contribution < 1.29 is 4.42 Å². The third-order valence-electron chi connectivity index (χ3n) is 3.95. The number of nitrogens with zero attached hydrogens (tertiary/aromatic N) is 1. The second-order valence-corrected chi connectivity index (χ2v) is 5.93. The number of hydrogen-bond acceptors (Lipinski definition) is 3. The summed E-state index contributed by atoms with van der Waals surface area (Å²) in [6.07, 6.45) is 0.845. The van der Waals surface area contributed by atoms with Crippen molar-refractivity contribution in [2.24, 2.45) is 10.7 Å². The van der Waals surface area contributed by atoms with Crippen molar-refractivity contribution in [1.29, 1.82) is 0 Å². The summed E-state index contributed by atoms with van der Waals surface area (Å²) in [5.74, 6) is 0. The Morgan fingerprint density at radius 2 is 2.00 bits per heavy atom. The van der Waals surface area contributed by atoms with E-state index in [1.54, 1.807) is 0 Å². The van der Waals surface area contributed by atoms with E-state index in [0.29, 0.717) is 18.1 Å². The van der Waals surface area contributed by atoms with Gasteiger partial charge in [0.15, 0.2) is 0 Å². The van der Waals surface area contributed by atoms with E-state index in [2.05, 4.69) is 11.1 Å². The third-order valence-corrected chi connectivity index (χ3v) is 4.18. The molecule has 0 saturated carbocycles. The molecule has 0 aliphatic heterocycles. The molecule has 2 aromatic carbocycles. The van der Waals surface area contributed by atoms with Crippen molar-refractivity contribution in [3.05, 3.63) is 52.8 Å². The molecule has 0 bridgehead atoms. The summed E-state index contributed by atoms with van der Waals surface area (Å²) < 4.78 is 6.03. The van der Waals surface area contributed by atoms with Crippen molar-refractivity contribution in [2.75, 3.05) is 13.1 Å². The molecule has 4 aromatic rings. The smallest absolute Gasteiger partial charge is 0.208 e. The molecule has 5 heteroatoms. The Morgan fingerprint density at radius 1 is 1.13 bits per heavy atom. The number of aromatic amines is 1. The molecule has 0 saturated heterocycles. The number of fused-ring (bicyclic) bond motifs is 4. The molecule has 4 rings (SSSR count). The zero-order valence-electron chi connectivity index (χ0n) is 12.5. The predicted octanol–water partition coefficient (Wildman–Crippen LogP) is 3.97. The molecular weight excluding hydrogens is 310 g/mol. The molecule has 0 radical (unpaired) electrons. The average Bonchev–Trinajstić information content (AvgIpc) is 2.93. The van der Waals surface area contributed by atoms with Crippen molar-refractivity contribution in [3.63, 3.8) is 0 Å². The van der Waals surface area contributed by atoms with Crippen LogP contribution in [-0.4, -0.2) is 18.1 Å². The van der Waals surface area contributed by atoms with Gasteiger partial charge < -0.3 is 15.1 Å². The van der Waals surface area contributed by atoms with Gasteiger partial charge in [0.2, 0.25) is 5.71 Å².